The van der Waals surface area contributed by atoms with E-state index in [-0.39, 0.29) is 0 Å². The maximum absolute atomic E-state index is 4.52. The maximum Gasteiger partial charge on any atom is 0.109 e. The zero-order valence-electron chi connectivity index (χ0n) is 9.07. The summed E-state index contributed by atoms with van der Waals surface area (Å²) in [5.41, 5.74) is 1.16. The van der Waals surface area contributed by atoms with Crippen molar-refractivity contribution in [2.24, 2.45) is 0 Å². The third-order valence-electron chi connectivity index (χ3n) is 3.11. The predicted molar refractivity (Wildman–Crippen MR) is 66.7 cm³/mol. The average Bonchev–Trinajstić information content (AvgIpc) is 3.01. The molecule has 0 saturated carbocycles. The molecule has 0 amide bonds. The van der Waals surface area contributed by atoms with Gasteiger partial charge in [0.2, 0.25) is 0 Å². The van der Waals surface area contributed by atoms with Crippen molar-refractivity contribution in [2.75, 3.05) is 13.1 Å². The minimum Gasteiger partial charge on any atom is -0.341 e. The van der Waals surface area contributed by atoms with Crippen LogP contribution in [0.15, 0.2) is 23.7 Å². The minimum atomic E-state index is 0.606. The number of nitrogens with one attached hydrogen (secondary N) is 2. The van der Waals surface area contributed by atoms with Gasteiger partial charge in [-0.25, -0.2) is 4.98 Å². The molecule has 3 heterocycles. The lowest BCUT2D eigenvalue weighted by molar-refractivity contribution is 0.447. The number of thiophene rings is 1. The van der Waals surface area contributed by atoms with Crippen LogP contribution >= 0.6 is 11.3 Å². The van der Waals surface area contributed by atoms with Crippen LogP contribution in [0, 0.1) is 0 Å². The fourth-order valence-corrected chi connectivity index (χ4v) is 2.89. The summed E-state index contributed by atoms with van der Waals surface area (Å²) in [7, 11) is 0. The van der Waals surface area contributed by atoms with Crippen LogP contribution in [0.4, 0.5) is 0 Å². The van der Waals surface area contributed by atoms with Crippen molar-refractivity contribution in [1.82, 2.24) is 15.3 Å². The van der Waals surface area contributed by atoms with Gasteiger partial charge in [0.1, 0.15) is 5.82 Å². The highest BCUT2D eigenvalue weighted by Crippen LogP contribution is 2.27. The fraction of sp³-hybridized carbons (Fsp3) is 0.417. The van der Waals surface area contributed by atoms with Gasteiger partial charge in [0.15, 0.2) is 0 Å². The van der Waals surface area contributed by atoms with E-state index in [4.69, 9.17) is 0 Å². The Morgan fingerprint density at radius 3 is 2.94 bits per heavy atom. The molecule has 0 spiro atoms. The first-order valence-corrected chi connectivity index (χ1v) is 6.61. The van der Waals surface area contributed by atoms with Crippen molar-refractivity contribution in [3.8, 4) is 10.6 Å². The quantitative estimate of drug-likeness (QED) is 0.837. The molecule has 3 nitrogen and oxygen atoms in total. The number of hydrogen-bond acceptors (Lipinski definition) is 3. The summed E-state index contributed by atoms with van der Waals surface area (Å²) >= 11 is 1.75. The van der Waals surface area contributed by atoms with E-state index in [1.54, 1.807) is 11.3 Å². The number of imidazole rings is 1. The van der Waals surface area contributed by atoms with Gasteiger partial charge in [-0.2, -0.15) is 0 Å². The highest BCUT2D eigenvalue weighted by Gasteiger charge is 2.18. The molecular formula is C12H15N3S. The Morgan fingerprint density at radius 1 is 1.31 bits per heavy atom. The van der Waals surface area contributed by atoms with Crippen LogP contribution in [-0.2, 0) is 0 Å². The SMILES string of the molecule is c1csc(-c2cnc(C3CCNCC3)[nH]2)c1. The Balaban J connectivity index is 1.82. The summed E-state index contributed by atoms with van der Waals surface area (Å²) in [6, 6.07) is 4.20. The summed E-state index contributed by atoms with van der Waals surface area (Å²) in [5, 5.41) is 5.48. The molecular weight excluding hydrogens is 218 g/mol. The van der Waals surface area contributed by atoms with Crippen LogP contribution in [0.1, 0.15) is 24.6 Å². The number of rotatable bonds is 2. The largest absolute Gasteiger partial charge is 0.341 e. The summed E-state index contributed by atoms with van der Waals surface area (Å²) in [6.07, 6.45) is 4.35. The van der Waals surface area contributed by atoms with Crippen LogP contribution in [0.25, 0.3) is 10.6 Å². The van der Waals surface area contributed by atoms with Crippen LogP contribution < -0.4 is 5.32 Å². The summed E-state index contributed by atoms with van der Waals surface area (Å²) in [6.45, 7) is 2.22. The number of aromatic nitrogens is 2. The monoisotopic (exact) mass is 233 g/mol. The molecule has 1 saturated heterocycles. The van der Waals surface area contributed by atoms with Gasteiger partial charge in [-0.1, -0.05) is 6.07 Å². The van der Waals surface area contributed by atoms with E-state index in [1.807, 2.05) is 6.20 Å². The third-order valence-corrected chi connectivity index (χ3v) is 4.01. The number of piperidine rings is 1. The average molecular weight is 233 g/mol. The van der Waals surface area contributed by atoms with Gasteiger partial charge in [-0.3, -0.25) is 0 Å². The lowest BCUT2D eigenvalue weighted by atomic mass is 9.98. The molecule has 0 radical (unpaired) electrons. The normalized spacial score (nSPS) is 17.8. The number of nitrogens with zero attached hydrogens (tertiary/aromatic N) is 1. The first kappa shape index (κ1) is 10.1. The Kier molecular flexibility index (Phi) is 2.76. The van der Waals surface area contributed by atoms with Crippen molar-refractivity contribution in [3.63, 3.8) is 0 Å². The number of hydrogen-bond donors (Lipinski definition) is 2. The van der Waals surface area contributed by atoms with Crippen molar-refractivity contribution in [3.05, 3.63) is 29.5 Å². The van der Waals surface area contributed by atoms with E-state index < -0.39 is 0 Å². The fourth-order valence-electron chi connectivity index (χ4n) is 2.20. The van der Waals surface area contributed by atoms with Gasteiger partial charge >= 0.3 is 0 Å². The predicted octanol–water partition coefficient (Wildman–Crippen LogP) is 2.61. The standard InChI is InChI=1S/C12H15N3S/c1-2-11(16-7-1)10-8-14-12(15-10)9-3-5-13-6-4-9/h1-2,7-9,13H,3-6H2,(H,14,15). The molecule has 2 aromatic heterocycles. The zero-order valence-corrected chi connectivity index (χ0v) is 9.89. The Bertz CT molecular complexity index is 441. The molecule has 2 aromatic rings. The summed E-state index contributed by atoms with van der Waals surface area (Å²) in [5.74, 6) is 1.76. The van der Waals surface area contributed by atoms with Gasteiger partial charge in [-0.15, -0.1) is 11.3 Å². The summed E-state index contributed by atoms with van der Waals surface area (Å²) in [4.78, 5) is 9.25. The Labute approximate surface area is 98.9 Å². The second-order valence-corrected chi connectivity index (χ2v) is 5.13. The van der Waals surface area contributed by atoms with Crippen LogP contribution in [0.2, 0.25) is 0 Å². The zero-order chi connectivity index (χ0) is 10.8. The Hall–Kier alpha value is -1.13. The smallest absolute Gasteiger partial charge is 0.109 e. The van der Waals surface area contributed by atoms with Crippen LogP contribution in [-0.4, -0.2) is 23.1 Å². The Morgan fingerprint density at radius 2 is 2.19 bits per heavy atom. The molecule has 1 aliphatic heterocycles. The molecule has 0 atom stereocenters. The lowest BCUT2D eigenvalue weighted by Crippen LogP contribution is -2.27. The van der Waals surface area contributed by atoms with Crippen molar-refractivity contribution < 1.29 is 0 Å². The third kappa shape index (κ3) is 1.90. The highest BCUT2D eigenvalue weighted by atomic mass is 32.1. The van der Waals surface area contributed by atoms with Crippen molar-refractivity contribution >= 4 is 11.3 Å². The van der Waals surface area contributed by atoms with Gasteiger partial charge in [0.05, 0.1) is 16.8 Å². The van der Waals surface area contributed by atoms with Crippen molar-refractivity contribution in [2.45, 2.75) is 18.8 Å². The van der Waals surface area contributed by atoms with E-state index in [2.05, 4.69) is 32.8 Å². The maximum atomic E-state index is 4.52. The number of H-pyrrole nitrogens is 1. The van der Waals surface area contributed by atoms with Gasteiger partial charge in [0, 0.05) is 5.92 Å². The van der Waals surface area contributed by atoms with Crippen LogP contribution in [0.5, 0.6) is 0 Å². The minimum absolute atomic E-state index is 0.606. The number of aromatic amines is 1. The molecule has 0 aromatic carbocycles. The van der Waals surface area contributed by atoms with E-state index in [0.29, 0.717) is 5.92 Å². The van der Waals surface area contributed by atoms with E-state index in [9.17, 15) is 0 Å². The molecule has 3 rings (SSSR count). The van der Waals surface area contributed by atoms with Crippen molar-refractivity contribution in [1.29, 1.82) is 0 Å². The summed E-state index contributed by atoms with van der Waals surface area (Å²) < 4.78 is 0. The first-order valence-electron chi connectivity index (χ1n) is 5.73. The topological polar surface area (TPSA) is 40.7 Å². The second-order valence-electron chi connectivity index (χ2n) is 4.18. The van der Waals surface area contributed by atoms with E-state index >= 15 is 0 Å². The lowest BCUT2D eigenvalue weighted by Gasteiger charge is -2.20. The molecule has 84 valence electrons. The van der Waals surface area contributed by atoms with E-state index in [0.717, 1.165) is 24.6 Å². The molecule has 0 bridgehead atoms. The van der Waals surface area contributed by atoms with E-state index in [1.165, 1.54) is 17.7 Å². The molecule has 0 aliphatic carbocycles. The molecule has 4 heteroatoms. The van der Waals surface area contributed by atoms with Gasteiger partial charge in [0.25, 0.3) is 0 Å². The van der Waals surface area contributed by atoms with Crippen LogP contribution in [0.3, 0.4) is 0 Å². The highest BCUT2D eigenvalue weighted by molar-refractivity contribution is 7.13. The second kappa shape index (κ2) is 4.39. The van der Waals surface area contributed by atoms with Gasteiger partial charge < -0.3 is 10.3 Å². The molecule has 0 unspecified atom stereocenters. The first-order chi connectivity index (χ1) is 7.93. The molecule has 2 N–H and O–H groups in total. The molecule has 16 heavy (non-hydrogen) atoms. The molecule has 1 aliphatic rings. The molecule has 1 fully saturated rings. The van der Waals surface area contributed by atoms with Gasteiger partial charge in [-0.05, 0) is 37.4 Å².